The summed E-state index contributed by atoms with van der Waals surface area (Å²) in [6.07, 6.45) is 0. The number of amides is 1. The van der Waals surface area contributed by atoms with Crippen LogP contribution >= 0.6 is 11.3 Å². The van der Waals surface area contributed by atoms with E-state index in [2.05, 4.69) is 10.4 Å². The van der Waals surface area contributed by atoms with Gasteiger partial charge in [-0.05, 0) is 43.3 Å². The highest BCUT2D eigenvalue weighted by atomic mass is 32.2. The average molecular weight is 555 g/mol. The Bertz CT molecular complexity index is 1640. The number of aromatic nitrogens is 2. The molecule has 2 aromatic carbocycles. The van der Waals surface area contributed by atoms with Crippen LogP contribution in [0.2, 0.25) is 0 Å². The highest BCUT2D eigenvalue weighted by molar-refractivity contribution is 7.89. The lowest BCUT2D eigenvalue weighted by Crippen LogP contribution is -2.30. The SMILES string of the molecule is CCOC(=O)c1nn(-c2ccccc2)c(=O)c2c(NC(=O)c3ccc(S(=O)(=O)N(CC)CC)cc3)scc12. The maximum Gasteiger partial charge on any atom is 0.359 e. The summed E-state index contributed by atoms with van der Waals surface area (Å²) in [5.41, 5.74) is 0.0796. The molecule has 4 aromatic rings. The largest absolute Gasteiger partial charge is 0.461 e. The first-order chi connectivity index (χ1) is 18.2. The van der Waals surface area contributed by atoms with E-state index < -0.39 is 27.5 Å². The van der Waals surface area contributed by atoms with E-state index in [0.717, 1.165) is 16.0 Å². The van der Waals surface area contributed by atoms with Gasteiger partial charge in [0, 0.05) is 29.4 Å². The number of hydrogen-bond acceptors (Lipinski definition) is 8. The normalized spacial score (nSPS) is 11.6. The van der Waals surface area contributed by atoms with E-state index in [-0.39, 0.29) is 38.5 Å². The van der Waals surface area contributed by atoms with Gasteiger partial charge >= 0.3 is 5.97 Å². The third-order valence-electron chi connectivity index (χ3n) is 5.81. The number of ether oxygens (including phenoxy) is 1. The smallest absolute Gasteiger partial charge is 0.359 e. The van der Waals surface area contributed by atoms with E-state index in [1.54, 1.807) is 56.5 Å². The number of carbonyl (C=O) groups excluding carboxylic acids is 2. The van der Waals surface area contributed by atoms with Crippen LogP contribution in [0.3, 0.4) is 0 Å². The molecule has 12 heteroatoms. The van der Waals surface area contributed by atoms with E-state index in [9.17, 15) is 22.8 Å². The van der Waals surface area contributed by atoms with Gasteiger partial charge in [0.1, 0.15) is 5.00 Å². The van der Waals surface area contributed by atoms with Crippen molar-refractivity contribution in [1.82, 2.24) is 14.1 Å². The number of nitrogens with zero attached hydrogens (tertiary/aromatic N) is 3. The van der Waals surface area contributed by atoms with Crippen molar-refractivity contribution >= 4 is 49.0 Å². The molecule has 0 radical (unpaired) electrons. The lowest BCUT2D eigenvalue weighted by molar-refractivity contribution is 0.0519. The molecule has 0 aliphatic rings. The number of sulfonamides is 1. The minimum absolute atomic E-state index is 0.0481. The standard InChI is InChI=1S/C26H26N4O6S2/c1-4-29(5-2)38(34,35)19-14-12-17(13-15-19)23(31)27-24-21-20(16-37-24)22(26(33)36-6-3)28-30(25(21)32)18-10-8-7-9-11-18/h7-16H,4-6H2,1-3H3,(H,27,31). The Kier molecular flexibility index (Phi) is 8.05. The molecule has 0 saturated heterocycles. The Morgan fingerprint density at radius 1 is 1.03 bits per heavy atom. The van der Waals surface area contributed by atoms with Gasteiger partial charge in [0.15, 0.2) is 5.69 Å². The summed E-state index contributed by atoms with van der Waals surface area (Å²) >= 11 is 1.08. The van der Waals surface area contributed by atoms with Crippen LogP contribution in [0.15, 0.2) is 69.7 Å². The van der Waals surface area contributed by atoms with E-state index in [1.165, 1.54) is 28.6 Å². The van der Waals surface area contributed by atoms with Gasteiger partial charge in [0.2, 0.25) is 10.0 Å². The monoisotopic (exact) mass is 554 g/mol. The maximum absolute atomic E-state index is 13.5. The summed E-state index contributed by atoms with van der Waals surface area (Å²) in [5.74, 6) is -1.23. The molecule has 0 atom stereocenters. The van der Waals surface area contributed by atoms with Crippen molar-refractivity contribution in [2.24, 2.45) is 0 Å². The minimum Gasteiger partial charge on any atom is -0.461 e. The van der Waals surface area contributed by atoms with Gasteiger partial charge in [-0.1, -0.05) is 32.0 Å². The molecule has 4 rings (SSSR count). The molecule has 10 nitrogen and oxygen atoms in total. The molecule has 0 bridgehead atoms. The van der Waals surface area contributed by atoms with Crippen molar-refractivity contribution in [1.29, 1.82) is 0 Å². The maximum atomic E-state index is 13.5. The summed E-state index contributed by atoms with van der Waals surface area (Å²) in [6, 6.07) is 14.2. The van der Waals surface area contributed by atoms with Crippen molar-refractivity contribution in [3.63, 3.8) is 0 Å². The molecule has 0 aliphatic heterocycles. The number of benzene rings is 2. The van der Waals surface area contributed by atoms with Crippen molar-refractivity contribution in [2.45, 2.75) is 25.7 Å². The molecule has 0 spiro atoms. The summed E-state index contributed by atoms with van der Waals surface area (Å²) in [4.78, 5) is 39.3. The number of para-hydroxylation sites is 1. The molecule has 1 amide bonds. The first-order valence-electron chi connectivity index (χ1n) is 11.9. The molecule has 0 aliphatic carbocycles. The number of thiophene rings is 1. The van der Waals surface area contributed by atoms with Crippen LogP contribution in [0.1, 0.15) is 41.6 Å². The van der Waals surface area contributed by atoms with Crippen molar-refractivity contribution in [2.75, 3.05) is 25.0 Å². The number of fused-ring (bicyclic) bond motifs is 1. The third-order valence-corrected chi connectivity index (χ3v) is 8.77. The molecular weight excluding hydrogens is 528 g/mol. The Morgan fingerprint density at radius 2 is 1.68 bits per heavy atom. The van der Waals surface area contributed by atoms with Gasteiger partial charge < -0.3 is 10.1 Å². The number of hydrogen-bond donors (Lipinski definition) is 1. The van der Waals surface area contributed by atoms with E-state index >= 15 is 0 Å². The second kappa shape index (κ2) is 11.3. The molecule has 2 aromatic heterocycles. The molecule has 38 heavy (non-hydrogen) atoms. The Morgan fingerprint density at radius 3 is 2.29 bits per heavy atom. The summed E-state index contributed by atoms with van der Waals surface area (Å²) in [5, 5.41) is 9.17. The van der Waals surface area contributed by atoms with Gasteiger partial charge in [-0.15, -0.1) is 11.3 Å². The van der Waals surface area contributed by atoms with Crippen molar-refractivity contribution in [3.05, 3.63) is 81.6 Å². The van der Waals surface area contributed by atoms with E-state index in [0.29, 0.717) is 18.8 Å². The van der Waals surface area contributed by atoms with Gasteiger partial charge in [0.25, 0.3) is 11.5 Å². The average Bonchev–Trinajstić information content (AvgIpc) is 3.34. The predicted octanol–water partition coefficient (Wildman–Crippen LogP) is 3.91. The minimum atomic E-state index is -3.67. The highest BCUT2D eigenvalue weighted by Crippen LogP contribution is 2.31. The van der Waals surface area contributed by atoms with Crippen LogP contribution in [0.4, 0.5) is 5.00 Å². The first kappa shape index (κ1) is 27.2. The molecule has 198 valence electrons. The number of esters is 1. The fourth-order valence-electron chi connectivity index (χ4n) is 3.90. The van der Waals surface area contributed by atoms with Gasteiger partial charge in [-0.2, -0.15) is 14.1 Å². The highest BCUT2D eigenvalue weighted by Gasteiger charge is 2.24. The fourth-order valence-corrected chi connectivity index (χ4v) is 6.29. The number of rotatable bonds is 9. The van der Waals surface area contributed by atoms with E-state index in [1.807, 2.05) is 0 Å². The van der Waals surface area contributed by atoms with Crippen LogP contribution in [0.25, 0.3) is 16.5 Å². The molecule has 1 N–H and O–H groups in total. The molecule has 0 saturated carbocycles. The zero-order valence-electron chi connectivity index (χ0n) is 21.0. The Balaban J connectivity index is 1.73. The van der Waals surface area contributed by atoms with Crippen LogP contribution in [-0.4, -0.2) is 54.1 Å². The molecule has 0 unspecified atom stereocenters. The number of anilines is 1. The van der Waals surface area contributed by atoms with Crippen LogP contribution in [-0.2, 0) is 14.8 Å². The van der Waals surface area contributed by atoms with Crippen molar-refractivity contribution in [3.8, 4) is 5.69 Å². The molecule has 0 fully saturated rings. The van der Waals surface area contributed by atoms with Crippen LogP contribution < -0.4 is 10.9 Å². The van der Waals surface area contributed by atoms with Gasteiger partial charge in [-0.25, -0.2) is 13.2 Å². The molecular formula is C26H26N4O6S2. The Hall–Kier alpha value is -3.87. The van der Waals surface area contributed by atoms with Crippen molar-refractivity contribution < 1.29 is 22.7 Å². The zero-order valence-corrected chi connectivity index (χ0v) is 22.6. The molecule has 2 heterocycles. The van der Waals surface area contributed by atoms with Gasteiger partial charge in [0.05, 0.1) is 22.6 Å². The summed E-state index contributed by atoms with van der Waals surface area (Å²) < 4.78 is 33.1. The first-order valence-corrected chi connectivity index (χ1v) is 14.2. The second-order valence-electron chi connectivity index (χ2n) is 8.04. The lowest BCUT2D eigenvalue weighted by Gasteiger charge is -2.18. The fraction of sp³-hybridized carbons (Fsp3) is 0.231. The predicted molar refractivity (Wildman–Crippen MR) is 146 cm³/mol. The summed E-state index contributed by atoms with van der Waals surface area (Å²) in [6.45, 7) is 5.96. The Labute approximate surface area is 223 Å². The third kappa shape index (κ3) is 5.10. The van der Waals surface area contributed by atoms with Crippen LogP contribution in [0.5, 0.6) is 0 Å². The zero-order chi connectivity index (χ0) is 27.4. The quantitative estimate of drug-likeness (QED) is 0.311. The summed E-state index contributed by atoms with van der Waals surface area (Å²) in [7, 11) is -3.67. The van der Waals surface area contributed by atoms with E-state index in [4.69, 9.17) is 4.74 Å². The lowest BCUT2D eigenvalue weighted by atomic mass is 10.2. The van der Waals surface area contributed by atoms with Gasteiger partial charge in [-0.3, -0.25) is 9.59 Å². The number of carbonyl (C=O) groups is 2. The van der Waals surface area contributed by atoms with Crippen LogP contribution in [0, 0.1) is 0 Å². The number of nitrogens with one attached hydrogen (secondary N) is 1. The topological polar surface area (TPSA) is 128 Å². The second-order valence-corrected chi connectivity index (χ2v) is 10.9.